The number of amides is 2. The predicted octanol–water partition coefficient (Wildman–Crippen LogP) is 5.40. The molecule has 0 aromatic heterocycles. The second kappa shape index (κ2) is 7.44. The maximum absolute atomic E-state index is 13.6. The molecule has 2 amide bonds. The Balaban J connectivity index is 1.76. The summed E-state index contributed by atoms with van der Waals surface area (Å²) in [5.41, 5.74) is -0.151. The van der Waals surface area contributed by atoms with Gasteiger partial charge in [0, 0.05) is 0 Å². The van der Waals surface area contributed by atoms with Crippen molar-refractivity contribution in [2.45, 2.75) is 0 Å². The Kier molecular flexibility index (Phi) is 4.89. The molecule has 0 atom stereocenters. The Bertz CT molecular complexity index is 865. The fraction of sp³-hybridized carbons (Fsp3) is 0. The molecule has 0 spiro atoms. The van der Waals surface area contributed by atoms with Crippen molar-refractivity contribution in [1.82, 2.24) is 0 Å². The van der Waals surface area contributed by atoms with Gasteiger partial charge in [-0.2, -0.15) is 0 Å². The number of para-hydroxylation sites is 4. The highest BCUT2D eigenvalue weighted by Crippen LogP contribution is 2.29. The molecule has 0 bridgehead atoms. The Hall–Kier alpha value is -3.41. The highest BCUT2D eigenvalue weighted by atomic mass is 19.1. The average Bonchev–Trinajstić information content (AvgIpc) is 2.61. The number of urea groups is 1. The second-order valence-electron chi connectivity index (χ2n) is 5.09. The summed E-state index contributed by atoms with van der Waals surface area (Å²) in [7, 11) is 0. The molecule has 25 heavy (non-hydrogen) atoms. The molecule has 0 saturated carbocycles. The van der Waals surface area contributed by atoms with Crippen LogP contribution < -0.4 is 15.4 Å². The monoisotopic (exact) mass is 340 g/mol. The number of carbonyl (C=O) groups is 1. The number of ether oxygens (including phenoxy) is 1. The molecule has 6 heteroatoms. The van der Waals surface area contributed by atoms with Gasteiger partial charge in [0.2, 0.25) is 0 Å². The average molecular weight is 340 g/mol. The van der Waals surface area contributed by atoms with Crippen LogP contribution >= 0.6 is 0 Å². The highest BCUT2D eigenvalue weighted by molar-refractivity contribution is 6.00. The molecule has 3 aromatic rings. The second-order valence-corrected chi connectivity index (χ2v) is 5.09. The molecule has 0 heterocycles. The van der Waals surface area contributed by atoms with E-state index in [0.29, 0.717) is 17.2 Å². The van der Waals surface area contributed by atoms with Crippen LogP contribution in [-0.2, 0) is 0 Å². The molecule has 0 unspecified atom stereocenters. The van der Waals surface area contributed by atoms with Crippen LogP contribution in [0.4, 0.5) is 25.0 Å². The molecule has 0 fully saturated rings. The van der Waals surface area contributed by atoms with Crippen molar-refractivity contribution in [3.05, 3.63) is 84.4 Å². The van der Waals surface area contributed by atoms with Crippen LogP contribution in [-0.4, -0.2) is 6.03 Å². The summed E-state index contributed by atoms with van der Waals surface area (Å²) in [5.74, 6) is -0.719. The summed E-state index contributed by atoms with van der Waals surface area (Å²) in [6, 6.07) is 18.3. The number of anilines is 2. The summed E-state index contributed by atoms with van der Waals surface area (Å²) < 4.78 is 32.9. The lowest BCUT2D eigenvalue weighted by molar-refractivity contribution is 0.262. The zero-order valence-corrected chi connectivity index (χ0v) is 13.0. The van der Waals surface area contributed by atoms with Gasteiger partial charge in [-0.1, -0.05) is 36.4 Å². The van der Waals surface area contributed by atoms with Gasteiger partial charge in [0.25, 0.3) is 0 Å². The molecule has 4 nitrogen and oxygen atoms in total. The molecule has 3 aromatic carbocycles. The van der Waals surface area contributed by atoms with Crippen molar-refractivity contribution in [2.75, 3.05) is 10.6 Å². The first-order valence-corrected chi connectivity index (χ1v) is 7.47. The molecular formula is C19H14F2N2O2. The molecule has 126 valence electrons. The van der Waals surface area contributed by atoms with Crippen LogP contribution in [0.3, 0.4) is 0 Å². The molecular weight excluding hydrogens is 326 g/mol. The van der Waals surface area contributed by atoms with E-state index < -0.39 is 23.4 Å². The molecule has 2 N–H and O–H groups in total. The van der Waals surface area contributed by atoms with Gasteiger partial charge >= 0.3 is 6.03 Å². The van der Waals surface area contributed by atoms with E-state index in [4.69, 9.17) is 4.74 Å². The third kappa shape index (κ3) is 4.11. The van der Waals surface area contributed by atoms with Gasteiger partial charge in [0.1, 0.15) is 23.1 Å². The van der Waals surface area contributed by atoms with Crippen molar-refractivity contribution < 1.29 is 18.3 Å². The fourth-order valence-corrected chi connectivity index (χ4v) is 2.16. The van der Waals surface area contributed by atoms with E-state index in [2.05, 4.69) is 10.6 Å². The van der Waals surface area contributed by atoms with E-state index in [1.807, 2.05) is 18.2 Å². The van der Waals surface area contributed by atoms with Gasteiger partial charge in [-0.15, -0.1) is 0 Å². The Morgan fingerprint density at radius 3 is 2.12 bits per heavy atom. The number of hydrogen-bond acceptors (Lipinski definition) is 2. The first kappa shape index (κ1) is 16.4. The summed E-state index contributed by atoms with van der Waals surface area (Å²) >= 11 is 0. The smallest absolute Gasteiger partial charge is 0.323 e. The minimum Gasteiger partial charge on any atom is -0.455 e. The summed E-state index contributed by atoms with van der Waals surface area (Å²) in [6.45, 7) is 0. The van der Waals surface area contributed by atoms with Crippen molar-refractivity contribution in [3.8, 4) is 11.5 Å². The lowest BCUT2D eigenvalue weighted by Crippen LogP contribution is -2.21. The zero-order valence-electron chi connectivity index (χ0n) is 13.0. The van der Waals surface area contributed by atoms with E-state index >= 15 is 0 Å². The van der Waals surface area contributed by atoms with Crippen LogP contribution in [0.2, 0.25) is 0 Å². The number of benzene rings is 3. The zero-order chi connectivity index (χ0) is 17.6. The predicted molar refractivity (Wildman–Crippen MR) is 92.0 cm³/mol. The normalized spacial score (nSPS) is 10.2. The van der Waals surface area contributed by atoms with Gasteiger partial charge < -0.3 is 15.4 Å². The Morgan fingerprint density at radius 1 is 0.760 bits per heavy atom. The third-order valence-corrected chi connectivity index (χ3v) is 3.31. The lowest BCUT2D eigenvalue weighted by Gasteiger charge is -2.13. The maximum Gasteiger partial charge on any atom is 0.323 e. The number of hydrogen-bond donors (Lipinski definition) is 2. The lowest BCUT2D eigenvalue weighted by atomic mass is 10.2. The first-order chi connectivity index (χ1) is 12.1. The molecule has 0 aliphatic rings. The van der Waals surface area contributed by atoms with Crippen LogP contribution in [0.1, 0.15) is 0 Å². The summed E-state index contributed by atoms with van der Waals surface area (Å²) in [4.78, 5) is 12.1. The van der Waals surface area contributed by atoms with Crippen molar-refractivity contribution in [1.29, 1.82) is 0 Å². The van der Waals surface area contributed by atoms with Gasteiger partial charge in [-0.3, -0.25) is 0 Å². The fourth-order valence-electron chi connectivity index (χ4n) is 2.16. The van der Waals surface area contributed by atoms with E-state index in [0.717, 1.165) is 12.1 Å². The topological polar surface area (TPSA) is 50.4 Å². The van der Waals surface area contributed by atoms with Gasteiger partial charge in [-0.25, -0.2) is 13.6 Å². The molecule has 3 rings (SSSR count). The first-order valence-electron chi connectivity index (χ1n) is 7.47. The summed E-state index contributed by atoms with van der Waals surface area (Å²) in [5, 5.41) is 4.69. The maximum atomic E-state index is 13.6. The Morgan fingerprint density at radius 2 is 1.40 bits per heavy atom. The van der Waals surface area contributed by atoms with Crippen LogP contribution in [0.15, 0.2) is 72.8 Å². The number of rotatable bonds is 4. The number of nitrogens with one attached hydrogen (secondary N) is 2. The highest BCUT2D eigenvalue weighted by Gasteiger charge is 2.13. The van der Waals surface area contributed by atoms with Gasteiger partial charge in [-0.05, 0) is 36.4 Å². The van der Waals surface area contributed by atoms with Gasteiger partial charge in [0.15, 0.2) is 5.75 Å². The van der Waals surface area contributed by atoms with E-state index in [1.165, 1.54) is 6.07 Å². The third-order valence-electron chi connectivity index (χ3n) is 3.31. The largest absolute Gasteiger partial charge is 0.455 e. The molecule has 0 radical (unpaired) electrons. The van der Waals surface area contributed by atoms with Crippen LogP contribution in [0, 0.1) is 11.6 Å². The number of carbonyl (C=O) groups excluding carboxylic acids is 1. The summed E-state index contributed by atoms with van der Waals surface area (Å²) in [6.07, 6.45) is 0. The Labute approximate surface area is 143 Å². The van der Waals surface area contributed by atoms with E-state index in [-0.39, 0.29) is 0 Å². The quantitative estimate of drug-likeness (QED) is 0.668. The van der Waals surface area contributed by atoms with E-state index in [1.54, 1.807) is 36.4 Å². The minimum atomic E-state index is -0.857. The van der Waals surface area contributed by atoms with Gasteiger partial charge in [0.05, 0.1) is 5.69 Å². The SMILES string of the molecule is O=C(Nc1ccccc1Oc1ccccc1)Nc1c(F)cccc1F. The van der Waals surface area contributed by atoms with E-state index in [9.17, 15) is 13.6 Å². The molecule has 0 aliphatic heterocycles. The molecule has 0 saturated heterocycles. The number of halogens is 2. The van der Waals surface area contributed by atoms with Crippen molar-refractivity contribution in [3.63, 3.8) is 0 Å². The standard InChI is InChI=1S/C19H14F2N2O2/c20-14-9-6-10-15(21)18(14)23-19(24)22-16-11-4-5-12-17(16)25-13-7-2-1-3-8-13/h1-12H,(H2,22,23,24). The molecule has 0 aliphatic carbocycles. The van der Waals surface area contributed by atoms with Crippen LogP contribution in [0.25, 0.3) is 0 Å². The minimum absolute atomic E-state index is 0.362. The van der Waals surface area contributed by atoms with Crippen LogP contribution in [0.5, 0.6) is 11.5 Å². The van der Waals surface area contributed by atoms with Crippen molar-refractivity contribution in [2.24, 2.45) is 0 Å². The van der Waals surface area contributed by atoms with Crippen molar-refractivity contribution >= 4 is 17.4 Å².